The predicted octanol–water partition coefficient (Wildman–Crippen LogP) is 2.25. The highest BCUT2D eigenvalue weighted by Gasteiger charge is 2.14. The molecule has 0 bridgehead atoms. The van der Waals surface area contributed by atoms with E-state index < -0.39 is 0 Å². The summed E-state index contributed by atoms with van der Waals surface area (Å²) in [4.78, 5) is 13.8. The van der Waals surface area contributed by atoms with Gasteiger partial charge in [-0.3, -0.25) is 4.79 Å². The molecule has 0 aromatic heterocycles. The number of nitrogen functional groups attached to an aromatic ring is 1. The van der Waals surface area contributed by atoms with Crippen LogP contribution >= 0.6 is 0 Å². The van der Waals surface area contributed by atoms with Gasteiger partial charge in [-0.25, -0.2) is 0 Å². The summed E-state index contributed by atoms with van der Waals surface area (Å²) in [6.07, 6.45) is 0. The number of phenolic OH excluding ortho intramolecular Hbond substituents is 1. The summed E-state index contributed by atoms with van der Waals surface area (Å²) < 4.78 is 0. The van der Waals surface area contributed by atoms with Crippen LogP contribution in [0.4, 0.5) is 5.69 Å². The number of hydrogen-bond donors (Lipinski definition) is 2. The molecule has 0 spiro atoms. The highest BCUT2D eigenvalue weighted by molar-refractivity contribution is 5.98. The minimum atomic E-state index is -0.119. The van der Waals surface area contributed by atoms with E-state index in [-0.39, 0.29) is 11.7 Å². The van der Waals surface area contributed by atoms with E-state index in [4.69, 9.17) is 5.73 Å². The number of carbonyl (C=O) groups excluding carboxylic acids is 1. The average molecular weight is 256 g/mol. The van der Waals surface area contributed by atoms with E-state index in [0.717, 1.165) is 5.56 Å². The normalized spacial score (nSPS) is 10.2. The number of aromatic hydroxyl groups is 1. The molecule has 2 rings (SSSR count). The molecule has 2 aromatic rings. The van der Waals surface area contributed by atoms with Crippen molar-refractivity contribution in [1.29, 1.82) is 0 Å². The lowest BCUT2D eigenvalue weighted by Gasteiger charge is -2.18. The van der Waals surface area contributed by atoms with Crippen LogP contribution in [0.2, 0.25) is 0 Å². The molecule has 0 aliphatic rings. The third-order valence-electron chi connectivity index (χ3n) is 2.89. The van der Waals surface area contributed by atoms with Crippen LogP contribution in [-0.2, 0) is 6.54 Å². The molecule has 0 unspecified atom stereocenters. The Kier molecular flexibility index (Phi) is 3.71. The summed E-state index contributed by atoms with van der Waals surface area (Å²) in [5, 5.41) is 9.22. The zero-order valence-electron chi connectivity index (χ0n) is 10.7. The lowest BCUT2D eigenvalue weighted by Crippen LogP contribution is -2.26. The first-order valence-corrected chi connectivity index (χ1v) is 5.96. The molecule has 3 N–H and O–H groups in total. The summed E-state index contributed by atoms with van der Waals surface area (Å²) in [7, 11) is 1.72. The maximum absolute atomic E-state index is 12.2. The van der Waals surface area contributed by atoms with Crippen molar-refractivity contribution in [2.75, 3.05) is 12.8 Å². The minimum Gasteiger partial charge on any atom is -0.508 e. The summed E-state index contributed by atoms with van der Waals surface area (Å²) in [6, 6.07) is 13.8. The Morgan fingerprint density at radius 2 is 1.79 bits per heavy atom. The topological polar surface area (TPSA) is 66.6 Å². The van der Waals surface area contributed by atoms with Gasteiger partial charge in [0.1, 0.15) is 5.75 Å². The van der Waals surface area contributed by atoms with Gasteiger partial charge in [-0.05, 0) is 29.8 Å². The number of nitrogens with two attached hydrogens (primary N) is 1. The molecule has 19 heavy (non-hydrogen) atoms. The number of benzene rings is 2. The number of anilines is 1. The van der Waals surface area contributed by atoms with E-state index in [9.17, 15) is 9.90 Å². The van der Waals surface area contributed by atoms with Gasteiger partial charge in [-0.1, -0.05) is 24.3 Å². The lowest BCUT2D eigenvalue weighted by atomic mass is 10.1. The molecule has 2 aromatic carbocycles. The summed E-state index contributed by atoms with van der Waals surface area (Å²) in [6.45, 7) is 0.466. The fourth-order valence-electron chi connectivity index (χ4n) is 1.84. The lowest BCUT2D eigenvalue weighted by molar-refractivity contribution is 0.0786. The van der Waals surface area contributed by atoms with Crippen molar-refractivity contribution in [3.8, 4) is 5.75 Å². The second kappa shape index (κ2) is 5.44. The Labute approximate surface area is 112 Å². The highest BCUT2D eigenvalue weighted by atomic mass is 16.3. The predicted molar refractivity (Wildman–Crippen MR) is 74.8 cm³/mol. The quantitative estimate of drug-likeness (QED) is 0.828. The van der Waals surface area contributed by atoms with Gasteiger partial charge in [-0.15, -0.1) is 0 Å². The average Bonchev–Trinajstić information content (AvgIpc) is 2.41. The first-order valence-electron chi connectivity index (χ1n) is 5.96. The van der Waals surface area contributed by atoms with Crippen molar-refractivity contribution >= 4 is 11.6 Å². The van der Waals surface area contributed by atoms with Crippen molar-refractivity contribution in [2.24, 2.45) is 0 Å². The van der Waals surface area contributed by atoms with Crippen molar-refractivity contribution in [1.82, 2.24) is 4.90 Å². The van der Waals surface area contributed by atoms with Crippen molar-refractivity contribution in [3.05, 3.63) is 59.7 Å². The van der Waals surface area contributed by atoms with Crippen LogP contribution in [0, 0.1) is 0 Å². The van der Waals surface area contributed by atoms with E-state index in [0.29, 0.717) is 17.8 Å². The van der Waals surface area contributed by atoms with Crippen LogP contribution in [0.5, 0.6) is 5.75 Å². The third kappa shape index (κ3) is 3.04. The van der Waals surface area contributed by atoms with Crippen molar-refractivity contribution < 1.29 is 9.90 Å². The first-order chi connectivity index (χ1) is 9.08. The number of hydrogen-bond acceptors (Lipinski definition) is 3. The molecule has 4 nitrogen and oxygen atoms in total. The molecule has 0 radical (unpaired) electrons. The Morgan fingerprint density at radius 3 is 2.42 bits per heavy atom. The van der Waals surface area contributed by atoms with E-state index in [1.54, 1.807) is 60.5 Å². The van der Waals surface area contributed by atoms with E-state index in [1.807, 2.05) is 0 Å². The van der Waals surface area contributed by atoms with Crippen molar-refractivity contribution in [3.63, 3.8) is 0 Å². The van der Waals surface area contributed by atoms with Crippen LogP contribution in [0.25, 0.3) is 0 Å². The Hall–Kier alpha value is -2.49. The number of carbonyl (C=O) groups is 1. The van der Waals surface area contributed by atoms with Crippen LogP contribution in [-0.4, -0.2) is 23.0 Å². The number of phenols is 1. The molecule has 4 heteroatoms. The fraction of sp³-hybridized carbons (Fsp3) is 0.133. The molecule has 0 aliphatic heterocycles. The molecule has 0 fully saturated rings. The van der Waals surface area contributed by atoms with Gasteiger partial charge in [0.05, 0.1) is 5.56 Å². The minimum absolute atomic E-state index is 0.119. The largest absolute Gasteiger partial charge is 0.508 e. The molecule has 98 valence electrons. The van der Waals surface area contributed by atoms with Gasteiger partial charge >= 0.3 is 0 Å². The number of para-hydroxylation sites is 1. The van der Waals surface area contributed by atoms with Gasteiger partial charge in [0.2, 0.25) is 0 Å². The molecule has 0 saturated carbocycles. The summed E-state index contributed by atoms with van der Waals surface area (Å²) in [5.41, 5.74) is 7.72. The summed E-state index contributed by atoms with van der Waals surface area (Å²) >= 11 is 0. The second-order valence-electron chi connectivity index (χ2n) is 4.41. The monoisotopic (exact) mass is 256 g/mol. The van der Waals surface area contributed by atoms with Crippen LogP contribution in [0.1, 0.15) is 15.9 Å². The number of amides is 1. The van der Waals surface area contributed by atoms with E-state index in [2.05, 4.69) is 0 Å². The number of nitrogens with zero attached hydrogens (tertiary/aromatic N) is 1. The molecular weight excluding hydrogens is 240 g/mol. The Bertz CT molecular complexity index is 579. The van der Waals surface area contributed by atoms with Crippen LogP contribution in [0.3, 0.4) is 0 Å². The molecule has 0 aliphatic carbocycles. The maximum Gasteiger partial charge on any atom is 0.255 e. The van der Waals surface area contributed by atoms with E-state index >= 15 is 0 Å². The SMILES string of the molecule is CN(Cc1ccc(O)cc1)C(=O)c1ccccc1N. The zero-order chi connectivity index (χ0) is 13.8. The van der Waals surface area contributed by atoms with Gasteiger partial charge in [0, 0.05) is 19.3 Å². The van der Waals surface area contributed by atoms with Gasteiger partial charge in [0.25, 0.3) is 5.91 Å². The molecule has 0 atom stereocenters. The molecule has 1 amide bonds. The van der Waals surface area contributed by atoms with Gasteiger partial charge in [0.15, 0.2) is 0 Å². The third-order valence-corrected chi connectivity index (χ3v) is 2.89. The number of rotatable bonds is 3. The zero-order valence-corrected chi connectivity index (χ0v) is 10.7. The second-order valence-corrected chi connectivity index (χ2v) is 4.41. The fourth-order valence-corrected chi connectivity index (χ4v) is 1.84. The first kappa shape index (κ1) is 13.0. The van der Waals surface area contributed by atoms with Crippen LogP contribution in [0.15, 0.2) is 48.5 Å². The standard InChI is InChI=1S/C15H16N2O2/c1-17(10-11-6-8-12(18)9-7-11)15(19)13-4-2-3-5-14(13)16/h2-9,18H,10,16H2,1H3. The Morgan fingerprint density at radius 1 is 1.16 bits per heavy atom. The van der Waals surface area contributed by atoms with Crippen molar-refractivity contribution in [2.45, 2.75) is 6.54 Å². The highest BCUT2D eigenvalue weighted by Crippen LogP contribution is 2.15. The van der Waals surface area contributed by atoms with Crippen LogP contribution < -0.4 is 5.73 Å². The molecule has 0 saturated heterocycles. The van der Waals surface area contributed by atoms with E-state index in [1.165, 1.54) is 0 Å². The Balaban J connectivity index is 2.12. The summed E-state index contributed by atoms with van der Waals surface area (Å²) in [5.74, 6) is 0.0937. The maximum atomic E-state index is 12.2. The molecular formula is C15H16N2O2. The van der Waals surface area contributed by atoms with Gasteiger partial charge in [-0.2, -0.15) is 0 Å². The molecule has 0 heterocycles. The van der Waals surface area contributed by atoms with Gasteiger partial charge < -0.3 is 15.7 Å². The smallest absolute Gasteiger partial charge is 0.255 e.